The van der Waals surface area contributed by atoms with Crippen molar-refractivity contribution < 1.29 is 19.0 Å². The van der Waals surface area contributed by atoms with Gasteiger partial charge in [0.05, 0.1) is 38.0 Å². The lowest BCUT2D eigenvalue weighted by Crippen LogP contribution is -2.47. The molecule has 1 amide bonds. The van der Waals surface area contributed by atoms with Gasteiger partial charge < -0.3 is 14.2 Å². The molecule has 3 aliphatic rings. The van der Waals surface area contributed by atoms with Crippen LogP contribution in [0.1, 0.15) is 36.2 Å². The molecule has 0 aliphatic carbocycles. The minimum absolute atomic E-state index is 0.246. The highest BCUT2D eigenvalue weighted by molar-refractivity contribution is 6.20. The monoisotopic (exact) mass is 493 g/mol. The van der Waals surface area contributed by atoms with Crippen molar-refractivity contribution in [3.8, 4) is 11.5 Å². The number of carbonyl (C=O) groups excluding carboxylic acids is 1. The molecule has 3 aliphatic heterocycles. The maximum atomic E-state index is 12.8. The Balaban J connectivity index is 1.32. The van der Waals surface area contributed by atoms with Gasteiger partial charge in [0.2, 0.25) is 5.96 Å². The quantitative estimate of drug-likeness (QED) is 0.582. The van der Waals surface area contributed by atoms with Crippen LogP contribution in [0.3, 0.4) is 0 Å². The van der Waals surface area contributed by atoms with Crippen molar-refractivity contribution in [2.45, 2.75) is 32.5 Å². The molecule has 0 unspecified atom stereocenters. The standard InChI is InChI=1S/C25H31N7O4/c1-16-13-31(14-17(2)36-16)8-4-10-35-20-6-5-19-21(22(20)34-3)29-25(32-9-7-28-23(19)32)30-24(33)18-11-26-15-27-12-18/h5-6,11-12,15-17H,4,7-10,13-14H2,1-3H3,(H,29,30,33)/t16-,17+. The molecule has 11 nitrogen and oxygen atoms in total. The molecule has 0 radical (unpaired) electrons. The second-order valence-corrected chi connectivity index (χ2v) is 9.09. The number of amides is 1. The molecule has 2 atom stereocenters. The Morgan fingerprint density at radius 1 is 1.19 bits per heavy atom. The number of hydrogen-bond donors (Lipinski definition) is 1. The van der Waals surface area contributed by atoms with Gasteiger partial charge in [-0.2, -0.15) is 0 Å². The van der Waals surface area contributed by atoms with Crippen LogP contribution in [-0.2, 0) is 4.74 Å². The number of nitrogens with zero attached hydrogens (tertiary/aromatic N) is 6. The molecule has 5 rings (SSSR count). The number of carbonyl (C=O) groups is 1. The van der Waals surface area contributed by atoms with Crippen molar-refractivity contribution in [1.82, 2.24) is 25.1 Å². The van der Waals surface area contributed by atoms with Crippen molar-refractivity contribution in [3.05, 3.63) is 42.0 Å². The fraction of sp³-hybridized carbons (Fsp3) is 0.480. The fourth-order valence-corrected chi connectivity index (χ4v) is 4.83. The Kier molecular flexibility index (Phi) is 7.10. The summed E-state index contributed by atoms with van der Waals surface area (Å²) in [6, 6.07) is 3.85. The van der Waals surface area contributed by atoms with Gasteiger partial charge in [-0.05, 0) is 32.4 Å². The van der Waals surface area contributed by atoms with Gasteiger partial charge in [0.15, 0.2) is 11.5 Å². The third-order valence-electron chi connectivity index (χ3n) is 6.27. The lowest BCUT2D eigenvalue weighted by atomic mass is 10.1. The van der Waals surface area contributed by atoms with Crippen molar-refractivity contribution in [1.29, 1.82) is 0 Å². The molecule has 1 N–H and O–H groups in total. The first kappa shape index (κ1) is 24.1. The number of hydrogen-bond acceptors (Lipinski definition) is 10. The summed E-state index contributed by atoms with van der Waals surface area (Å²) in [4.78, 5) is 34.3. The highest BCUT2D eigenvalue weighted by Gasteiger charge is 2.33. The molecular formula is C25H31N7O4. The lowest BCUT2D eigenvalue weighted by molar-refractivity contribution is -0.0686. The van der Waals surface area contributed by atoms with Gasteiger partial charge in [0, 0.05) is 44.1 Å². The number of rotatable bonds is 7. The van der Waals surface area contributed by atoms with Crippen LogP contribution in [0.4, 0.5) is 5.69 Å². The summed E-state index contributed by atoms with van der Waals surface area (Å²) in [5, 5.41) is 2.88. The topological polar surface area (TPSA) is 114 Å². The Labute approximate surface area is 210 Å². The molecule has 190 valence electrons. The molecule has 1 aromatic carbocycles. The van der Waals surface area contributed by atoms with Crippen molar-refractivity contribution in [2.24, 2.45) is 9.98 Å². The first-order valence-electron chi connectivity index (χ1n) is 12.2. The van der Waals surface area contributed by atoms with Crippen LogP contribution >= 0.6 is 0 Å². The number of amidine groups is 1. The van der Waals surface area contributed by atoms with Crippen LogP contribution in [0.25, 0.3) is 0 Å². The Morgan fingerprint density at radius 2 is 1.97 bits per heavy atom. The number of guanidine groups is 1. The summed E-state index contributed by atoms with van der Waals surface area (Å²) in [5.74, 6) is 1.92. The van der Waals surface area contributed by atoms with Gasteiger partial charge in [-0.15, -0.1) is 0 Å². The number of aromatic nitrogens is 2. The number of ether oxygens (including phenoxy) is 3. The molecule has 2 aromatic rings. The molecule has 1 fully saturated rings. The third-order valence-corrected chi connectivity index (χ3v) is 6.27. The zero-order chi connectivity index (χ0) is 25.1. The summed E-state index contributed by atoms with van der Waals surface area (Å²) in [6.45, 7) is 8.80. The highest BCUT2D eigenvalue weighted by Crippen LogP contribution is 2.43. The summed E-state index contributed by atoms with van der Waals surface area (Å²) in [5.41, 5.74) is 1.77. The maximum Gasteiger partial charge on any atom is 0.261 e. The second kappa shape index (κ2) is 10.6. The van der Waals surface area contributed by atoms with Crippen LogP contribution in [0.15, 0.2) is 40.8 Å². The van der Waals surface area contributed by atoms with Gasteiger partial charge in [0.1, 0.15) is 17.9 Å². The molecule has 36 heavy (non-hydrogen) atoms. The van der Waals surface area contributed by atoms with Gasteiger partial charge >= 0.3 is 0 Å². The van der Waals surface area contributed by atoms with Crippen molar-refractivity contribution in [2.75, 3.05) is 46.4 Å². The van der Waals surface area contributed by atoms with Gasteiger partial charge in [0.25, 0.3) is 5.91 Å². The van der Waals surface area contributed by atoms with Gasteiger partial charge in [-0.3, -0.25) is 24.9 Å². The van der Waals surface area contributed by atoms with Crippen LogP contribution in [-0.4, -0.2) is 96.1 Å². The average molecular weight is 494 g/mol. The largest absolute Gasteiger partial charge is 0.491 e. The first-order valence-corrected chi connectivity index (χ1v) is 12.2. The van der Waals surface area contributed by atoms with E-state index in [2.05, 4.69) is 39.0 Å². The number of benzene rings is 1. The van der Waals surface area contributed by atoms with Gasteiger partial charge in [-0.25, -0.2) is 15.0 Å². The van der Waals surface area contributed by atoms with E-state index in [9.17, 15) is 4.79 Å². The maximum absolute atomic E-state index is 12.8. The van der Waals surface area contributed by atoms with E-state index in [1.165, 1.54) is 18.7 Å². The van der Waals surface area contributed by atoms with E-state index in [1.807, 2.05) is 17.0 Å². The third kappa shape index (κ3) is 5.02. The van der Waals surface area contributed by atoms with E-state index in [0.717, 1.165) is 37.5 Å². The van der Waals surface area contributed by atoms with E-state index >= 15 is 0 Å². The predicted octanol–water partition coefficient (Wildman–Crippen LogP) is 1.86. The summed E-state index contributed by atoms with van der Waals surface area (Å²) < 4.78 is 17.7. The SMILES string of the molecule is COc1c(OCCCN2C[C@@H](C)O[C@@H](C)C2)ccc2c1N=C(NC(=O)c1cncnc1)N1CCN=C21. The highest BCUT2D eigenvalue weighted by atomic mass is 16.5. The van der Waals surface area contributed by atoms with Gasteiger partial charge in [-0.1, -0.05) is 0 Å². The summed E-state index contributed by atoms with van der Waals surface area (Å²) in [7, 11) is 1.59. The minimum atomic E-state index is -0.345. The van der Waals surface area contributed by atoms with E-state index in [4.69, 9.17) is 19.2 Å². The fourth-order valence-electron chi connectivity index (χ4n) is 4.83. The number of nitrogens with one attached hydrogen (secondary N) is 1. The number of morpholine rings is 1. The molecule has 0 bridgehead atoms. The summed E-state index contributed by atoms with van der Waals surface area (Å²) >= 11 is 0. The van der Waals surface area contributed by atoms with Crippen molar-refractivity contribution >= 4 is 23.4 Å². The normalized spacial score (nSPS) is 21.2. The van der Waals surface area contributed by atoms with Crippen LogP contribution in [0, 0.1) is 0 Å². The first-order chi connectivity index (χ1) is 17.5. The Morgan fingerprint density at radius 3 is 2.72 bits per heavy atom. The number of methoxy groups -OCH3 is 1. The molecule has 1 saturated heterocycles. The Bertz CT molecular complexity index is 1160. The molecule has 1 aromatic heterocycles. The van der Waals surface area contributed by atoms with Crippen LogP contribution in [0.2, 0.25) is 0 Å². The average Bonchev–Trinajstić information content (AvgIpc) is 3.37. The molecular weight excluding hydrogens is 462 g/mol. The van der Waals surface area contributed by atoms with Crippen LogP contribution < -0.4 is 14.8 Å². The van der Waals surface area contributed by atoms with E-state index in [-0.39, 0.29) is 18.1 Å². The van der Waals surface area contributed by atoms with Crippen molar-refractivity contribution in [3.63, 3.8) is 0 Å². The molecule has 11 heteroatoms. The second-order valence-electron chi connectivity index (χ2n) is 9.09. The van der Waals surface area contributed by atoms with E-state index in [1.54, 1.807) is 7.11 Å². The zero-order valence-electron chi connectivity index (χ0n) is 20.8. The zero-order valence-corrected chi connectivity index (χ0v) is 20.8. The lowest BCUT2D eigenvalue weighted by Gasteiger charge is -2.35. The Hall–Kier alpha value is -3.57. The predicted molar refractivity (Wildman–Crippen MR) is 134 cm³/mol. The minimum Gasteiger partial charge on any atom is -0.491 e. The smallest absolute Gasteiger partial charge is 0.261 e. The number of fused-ring (bicyclic) bond motifs is 3. The van der Waals surface area contributed by atoms with Crippen LogP contribution in [0.5, 0.6) is 11.5 Å². The van der Waals surface area contributed by atoms with E-state index < -0.39 is 0 Å². The molecule has 4 heterocycles. The molecule has 0 saturated carbocycles. The van der Waals surface area contributed by atoms with E-state index in [0.29, 0.717) is 48.4 Å². The number of aliphatic imine (C=N–C) groups is 2. The molecule has 0 spiro atoms. The summed E-state index contributed by atoms with van der Waals surface area (Å²) in [6.07, 6.45) is 5.67.